The van der Waals surface area contributed by atoms with Crippen LogP contribution in [-0.2, 0) is 20.0 Å². The molecule has 0 spiro atoms. The molecule has 10 nitrogen and oxygen atoms in total. The average molecular weight is 516 g/mol. The second-order valence-electron chi connectivity index (χ2n) is 8.99. The molecule has 0 atom stereocenters. The second kappa shape index (κ2) is 8.45. The topological polar surface area (TPSA) is 140 Å². The van der Waals surface area contributed by atoms with E-state index in [9.17, 15) is 21.6 Å². The Kier molecular flexibility index (Phi) is 5.67. The van der Waals surface area contributed by atoms with Crippen LogP contribution in [0.5, 0.6) is 0 Å². The maximum absolute atomic E-state index is 12.7. The first-order chi connectivity index (χ1) is 16.5. The lowest BCUT2D eigenvalue weighted by atomic mass is 9.94. The van der Waals surface area contributed by atoms with Crippen LogP contribution >= 0.6 is 0 Å². The van der Waals surface area contributed by atoms with E-state index in [1.54, 1.807) is 37.3 Å². The zero-order valence-corrected chi connectivity index (χ0v) is 20.9. The lowest BCUT2D eigenvalue weighted by Crippen LogP contribution is -2.29. The number of benzene rings is 2. The van der Waals surface area contributed by atoms with Crippen molar-refractivity contribution in [2.75, 3.05) is 11.6 Å². The van der Waals surface area contributed by atoms with Crippen LogP contribution in [0.2, 0.25) is 0 Å². The number of aromatic nitrogens is 2. The van der Waals surface area contributed by atoms with Crippen LogP contribution in [0.4, 0.5) is 5.69 Å². The monoisotopic (exact) mass is 515 g/mol. The molecule has 2 N–H and O–H groups in total. The Labute approximate surface area is 203 Å². The van der Waals surface area contributed by atoms with E-state index < -0.39 is 26.0 Å². The predicted molar refractivity (Wildman–Crippen MR) is 134 cm³/mol. The largest absolute Gasteiger partial charge is 0.342 e. The second-order valence-corrected chi connectivity index (χ2v) is 12.3. The number of sulfonamides is 2. The summed E-state index contributed by atoms with van der Waals surface area (Å²) in [6, 6.07) is 10.2. The molecule has 12 heteroatoms. The van der Waals surface area contributed by atoms with Crippen LogP contribution in [0, 0.1) is 0 Å². The Morgan fingerprint density at radius 3 is 2.57 bits per heavy atom. The van der Waals surface area contributed by atoms with E-state index in [0.29, 0.717) is 28.4 Å². The summed E-state index contributed by atoms with van der Waals surface area (Å²) in [6.45, 7) is 1.59. The molecule has 1 aliphatic heterocycles. The molecule has 1 fully saturated rings. The van der Waals surface area contributed by atoms with E-state index >= 15 is 0 Å². The molecule has 0 saturated heterocycles. The normalized spacial score (nSPS) is 17.9. The van der Waals surface area contributed by atoms with E-state index in [-0.39, 0.29) is 16.5 Å². The molecular formula is C23H25N5O5S2. The van der Waals surface area contributed by atoms with Crippen LogP contribution in [-0.4, -0.2) is 44.4 Å². The van der Waals surface area contributed by atoms with Crippen molar-refractivity contribution in [2.24, 2.45) is 4.40 Å². The minimum atomic E-state index is -3.85. The van der Waals surface area contributed by atoms with Crippen molar-refractivity contribution in [3.05, 3.63) is 42.0 Å². The number of anilines is 1. The minimum absolute atomic E-state index is 0.0797. The van der Waals surface area contributed by atoms with Crippen LogP contribution in [0.3, 0.4) is 0 Å². The van der Waals surface area contributed by atoms with Crippen molar-refractivity contribution in [3.8, 4) is 11.4 Å². The smallest absolute Gasteiger partial charge is 0.286 e. The van der Waals surface area contributed by atoms with Crippen molar-refractivity contribution in [1.29, 1.82) is 0 Å². The molecule has 3 aromatic rings. The molecule has 2 aromatic carbocycles. The van der Waals surface area contributed by atoms with Gasteiger partial charge in [0.15, 0.2) is 0 Å². The average Bonchev–Trinajstić information content (AvgIpc) is 3.16. The summed E-state index contributed by atoms with van der Waals surface area (Å²) in [6.07, 6.45) is 6.16. The number of amidine groups is 1. The summed E-state index contributed by atoms with van der Waals surface area (Å²) in [5, 5.41) is 2.99. The molecule has 5 rings (SSSR count). The van der Waals surface area contributed by atoms with Crippen molar-refractivity contribution in [1.82, 2.24) is 14.3 Å². The number of fused-ring (bicyclic) bond motifs is 2. The van der Waals surface area contributed by atoms with Gasteiger partial charge in [-0.1, -0.05) is 19.3 Å². The molecule has 35 heavy (non-hydrogen) atoms. The Hall–Kier alpha value is -3.25. The summed E-state index contributed by atoms with van der Waals surface area (Å²) in [7, 11) is -7.56. The van der Waals surface area contributed by atoms with Crippen molar-refractivity contribution >= 4 is 48.5 Å². The molecule has 2 aliphatic rings. The third-order valence-corrected chi connectivity index (χ3v) is 8.22. The van der Waals surface area contributed by atoms with E-state index in [2.05, 4.69) is 14.3 Å². The van der Waals surface area contributed by atoms with Gasteiger partial charge in [-0.25, -0.2) is 18.1 Å². The molecule has 1 aromatic heterocycles. The molecule has 1 aliphatic carbocycles. The Morgan fingerprint density at radius 1 is 1.11 bits per heavy atom. The Morgan fingerprint density at radius 2 is 1.86 bits per heavy atom. The fraction of sp³-hybridized carbons (Fsp3) is 0.348. The highest BCUT2D eigenvalue weighted by Crippen LogP contribution is 2.38. The fourth-order valence-corrected chi connectivity index (χ4v) is 6.44. The van der Waals surface area contributed by atoms with Gasteiger partial charge in [-0.15, -0.1) is 4.40 Å². The molecule has 0 radical (unpaired) electrons. The van der Waals surface area contributed by atoms with E-state index in [4.69, 9.17) is 4.98 Å². The number of carbonyl (C=O) groups is 1. The maximum atomic E-state index is 12.7. The van der Waals surface area contributed by atoms with Crippen LogP contribution < -0.4 is 10.0 Å². The maximum Gasteiger partial charge on any atom is 0.286 e. The molecule has 1 saturated carbocycles. The number of nitrogens with zero attached hydrogens (tertiary/aromatic N) is 3. The first-order valence-corrected chi connectivity index (χ1v) is 14.6. The quantitative estimate of drug-likeness (QED) is 0.542. The van der Waals surface area contributed by atoms with E-state index in [0.717, 1.165) is 43.9 Å². The van der Waals surface area contributed by atoms with Crippen molar-refractivity contribution in [2.45, 2.75) is 50.0 Å². The summed E-state index contributed by atoms with van der Waals surface area (Å²) in [4.78, 5) is 17.3. The van der Waals surface area contributed by atoms with Gasteiger partial charge in [-0.3, -0.25) is 4.79 Å². The molecule has 2 heterocycles. The SMILES string of the molecule is CC1=NS(=O)(=O)c2cc(-c3nc4cc(C(=O)NS(C)(=O)=O)ccc4n3C3CCCCC3)ccc2N1. The Balaban J connectivity index is 1.67. The first-order valence-electron chi connectivity index (χ1n) is 11.3. The molecule has 184 valence electrons. The van der Waals surface area contributed by atoms with Gasteiger partial charge in [-0.2, -0.15) is 8.42 Å². The number of hydrogen-bond donors (Lipinski definition) is 2. The molecule has 0 unspecified atom stereocenters. The highest BCUT2D eigenvalue weighted by atomic mass is 32.2. The van der Waals surface area contributed by atoms with Gasteiger partial charge < -0.3 is 9.88 Å². The highest BCUT2D eigenvalue weighted by molar-refractivity contribution is 7.90. The molecule has 0 bridgehead atoms. The van der Waals surface area contributed by atoms with Gasteiger partial charge in [0.2, 0.25) is 10.0 Å². The number of carbonyl (C=O) groups excluding carboxylic acids is 1. The van der Waals surface area contributed by atoms with Crippen molar-refractivity contribution in [3.63, 3.8) is 0 Å². The zero-order valence-electron chi connectivity index (χ0n) is 19.3. The van der Waals surface area contributed by atoms with Gasteiger partial charge in [0.25, 0.3) is 15.9 Å². The highest BCUT2D eigenvalue weighted by Gasteiger charge is 2.27. The summed E-state index contributed by atoms with van der Waals surface area (Å²) in [5.74, 6) is 0.166. The van der Waals surface area contributed by atoms with Gasteiger partial charge in [0, 0.05) is 17.2 Å². The lowest BCUT2D eigenvalue weighted by molar-refractivity contribution is 0.0981. The zero-order chi connectivity index (χ0) is 25.0. The third-order valence-electron chi connectivity index (χ3n) is 6.26. The number of nitrogens with one attached hydrogen (secondary N) is 2. The summed E-state index contributed by atoms with van der Waals surface area (Å²) >= 11 is 0. The molecule has 1 amide bonds. The number of rotatable bonds is 4. The van der Waals surface area contributed by atoms with E-state index in [1.807, 2.05) is 10.8 Å². The van der Waals surface area contributed by atoms with Crippen molar-refractivity contribution < 1.29 is 21.6 Å². The van der Waals surface area contributed by atoms with E-state index in [1.165, 1.54) is 0 Å². The number of amides is 1. The first kappa shape index (κ1) is 23.5. The van der Waals surface area contributed by atoms with Crippen LogP contribution in [0.1, 0.15) is 55.4 Å². The van der Waals surface area contributed by atoms with Gasteiger partial charge in [0.05, 0.1) is 23.0 Å². The minimum Gasteiger partial charge on any atom is -0.342 e. The molecular weight excluding hydrogens is 490 g/mol. The van der Waals surface area contributed by atoms with Crippen LogP contribution in [0.15, 0.2) is 45.7 Å². The predicted octanol–water partition coefficient (Wildman–Crippen LogP) is 3.43. The van der Waals surface area contributed by atoms with Gasteiger partial charge >= 0.3 is 0 Å². The summed E-state index contributed by atoms with van der Waals surface area (Å²) in [5.41, 5.74) is 2.58. The Bertz CT molecular complexity index is 1600. The number of imidazole rings is 1. The number of hydrogen-bond acceptors (Lipinski definition) is 7. The standard InChI is InChI=1S/C23H25N5O5S2/c1-14-24-18-10-8-15(13-21(18)35(32,33)26-14)22-25-19-12-16(23(29)27-34(2,30)31)9-11-20(19)28(22)17-6-4-3-5-7-17/h8-13,17H,3-7H2,1-2H3,(H,24,26)(H,27,29). The lowest BCUT2D eigenvalue weighted by Gasteiger charge is -2.26. The van der Waals surface area contributed by atoms with Crippen LogP contribution in [0.25, 0.3) is 22.4 Å². The third kappa shape index (κ3) is 4.55. The summed E-state index contributed by atoms with van der Waals surface area (Å²) < 4.78 is 56.3. The van der Waals surface area contributed by atoms with Gasteiger partial charge in [-0.05, 0) is 56.2 Å². The van der Waals surface area contributed by atoms with Gasteiger partial charge in [0.1, 0.15) is 16.6 Å². The fourth-order valence-electron chi connectivity index (χ4n) is 4.81.